The van der Waals surface area contributed by atoms with Gasteiger partial charge < -0.3 is 5.32 Å². The Hall–Kier alpha value is -0.760. The minimum Gasteiger partial charge on any atom is -0.382 e. The minimum absolute atomic E-state index is 0.335. The van der Waals surface area contributed by atoms with E-state index in [4.69, 9.17) is 11.6 Å². The molecule has 1 aromatic carbocycles. The molecule has 0 saturated carbocycles. The summed E-state index contributed by atoms with van der Waals surface area (Å²) in [6.07, 6.45) is 0. The van der Waals surface area contributed by atoms with Crippen LogP contribution in [0, 0.1) is 6.92 Å². The Kier molecular flexibility index (Phi) is 3.35. The van der Waals surface area contributed by atoms with Crippen molar-refractivity contribution in [3.05, 3.63) is 28.8 Å². The summed E-state index contributed by atoms with van der Waals surface area (Å²) in [7, 11) is 0. The van der Waals surface area contributed by atoms with Gasteiger partial charge in [0.05, 0.1) is 0 Å². The first-order valence-electron chi connectivity index (χ1n) is 3.80. The number of anilines is 1. The van der Waals surface area contributed by atoms with Gasteiger partial charge in [0, 0.05) is 17.3 Å². The third-order valence-electron chi connectivity index (χ3n) is 1.61. The lowest BCUT2D eigenvalue weighted by molar-refractivity contribution is 0.512. The summed E-state index contributed by atoms with van der Waals surface area (Å²) < 4.78 is 11.8. The van der Waals surface area contributed by atoms with Crippen LogP contribution in [0.1, 0.15) is 5.56 Å². The third kappa shape index (κ3) is 2.38. The molecule has 0 spiro atoms. The molecule has 0 bridgehead atoms. The van der Waals surface area contributed by atoms with E-state index in [1.54, 1.807) is 6.07 Å². The van der Waals surface area contributed by atoms with Crippen LogP contribution in [-0.2, 0) is 0 Å². The zero-order valence-corrected chi connectivity index (χ0v) is 7.66. The molecule has 1 aromatic rings. The molecule has 1 N–H and O–H groups in total. The van der Waals surface area contributed by atoms with Gasteiger partial charge >= 0.3 is 0 Å². The van der Waals surface area contributed by atoms with Gasteiger partial charge in [-0.1, -0.05) is 17.7 Å². The maximum absolute atomic E-state index is 11.8. The van der Waals surface area contributed by atoms with E-state index in [1.807, 2.05) is 19.1 Å². The van der Waals surface area contributed by atoms with Gasteiger partial charge in [0.1, 0.15) is 6.67 Å². The van der Waals surface area contributed by atoms with Gasteiger partial charge in [-0.3, -0.25) is 0 Å². The molecule has 0 aliphatic rings. The largest absolute Gasteiger partial charge is 0.382 e. The molecule has 0 aliphatic heterocycles. The van der Waals surface area contributed by atoms with Gasteiger partial charge in [0.15, 0.2) is 0 Å². The van der Waals surface area contributed by atoms with E-state index in [2.05, 4.69) is 5.32 Å². The van der Waals surface area contributed by atoms with E-state index in [0.29, 0.717) is 11.6 Å². The van der Waals surface area contributed by atoms with E-state index in [9.17, 15) is 4.39 Å². The number of hydrogen-bond donors (Lipinski definition) is 1. The van der Waals surface area contributed by atoms with Crippen LogP contribution in [0.4, 0.5) is 10.1 Å². The normalized spacial score (nSPS) is 9.92. The number of benzene rings is 1. The van der Waals surface area contributed by atoms with Crippen molar-refractivity contribution in [2.45, 2.75) is 6.92 Å². The molecule has 0 aromatic heterocycles. The fourth-order valence-electron chi connectivity index (χ4n) is 0.967. The van der Waals surface area contributed by atoms with Crippen LogP contribution in [0.5, 0.6) is 0 Å². The summed E-state index contributed by atoms with van der Waals surface area (Å²) in [6, 6.07) is 5.52. The molecule has 0 fully saturated rings. The molecule has 0 radical (unpaired) electrons. The monoisotopic (exact) mass is 187 g/mol. The van der Waals surface area contributed by atoms with E-state index in [0.717, 1.165) is 11.3 Å². The second kappa shape index (κ2) is 4.31. The Morgan fingerprint density at radius 3 is 2.92 bits per heavy atom. The first-order valence-corrected chi connectivity index (χ1v) is 4.18. The predicted molar refractivity (Wildman–Crippen MR) is 50.7 cm³/mol. The Morgan fingerprint density at radius 1 is 1.50 bits per heavy atom. The van der Waals surface area contributed by atoms with Crippen LogP contribution in [0.15, 0.2) is 18.2 Å². The molecule has 1 rings (SSSR count). The first kappa shape index (κ1) is 9.33. The van der Waals surface area contributed by atoms with Crippen molar-refractivity contribution < 1.29 is 4.39 Å². The highest BCUT2D eigenvalue weighted by atomic mass is 35.5. The van der Waals surface area contributed by atoms with Crippen molar-refractivity contribution in [3.63, 3.8) is 0 Å². The van der Waals surface area contributed by atoms with Gasteiger partial charge in [-0.25, -0.2) is 4.39 Å². The standard InChI is InChI=1S/C9H11ClFN/c1-7-2-3-8(10)6-9(7)12-5-4-11/h2-3,6,12H,4-5H2,1H3. The molecular formula is C9H11ClFN. The number of halogens is 2. The smallest absolute Gasteiger partial charge is 0.107 e. The van der Waals surface area contributed by atoms with Crippen LogP contribution < -0.4 is 5.32 Å². The van der Waals surface area contributed by atoms with E-state index in [-0.39, 0.29) is 6.67 Å². The maximum Gasteiger partial charge on any atom is 0.107 e. The quantitative estimate of drug-likeness (QED) is 0.767. The third-order valence-corrected chi connectivity index (χ3v) is 1.84. The summed E-state index contributed by atoms with van der Waals surface area (Å²) in [4.78, 5) is 0. The summed E-state index contributed by atoms with van der Waals surface area (Å²) in [5, 5.41) is 3.61. The predicted octanol–water partition coefficient (Wildman–Crippen LogP) is 3.03. The van der Waals surface area contributed by atoms with Gasteiger partial charge in [-0.15, -0.1) is 0 Å². The highest BCUT2D eigenvalue weighted by molar-refractivity contribution is 6.30. The topological polar surface area (TPSA) is 12.0 Å². The van der Waals surface area contributed by atoms with Gasteiger partial charge in [0.2, 0.25) is 0 Å². The minimum atomic E-state index is -0.369. The molecule has 3 heteroatoms. The van der Waals surface area contributed by atoms with Crippen LogP contribution in [-0.4, -0.2) is 13.2 Å². The molecule has 66 valence electrons. The van der Waals surface area contributed by atoms with Crippen molar-refractivity contribution >= 4 is 17.3 Å². The Labute approximate surface area is 76.5 Å². The molecule has 1 nitrogen and oxygen atoms in total. The molecular weight excluding hydrogens is 177 g/mol. The lowest BCUT2D eigenvalue weighted by atomic mass is 10.2. The fourth-order valence-corrected chi connectivity index (χ4v) is 1.14. The van der Waals surface area contributed by atoms with E-state index in [1.165, 1.54) is 0 Å². The Morgan fingerprint density at radius 2 is 2.25 bits per heavy atom. The molecule has 0 unspecified atom stereocenters. The molecule has 0 saturated heterocycles. The lowest BCUT2D eigenvalue weighted by Crippen LogP contribution is -2.03. The van der Waals surface area contributed by atoms with Crippen molar-refractivity contribution in [2.75, 3.05) is 18.5 Å². The highest BCUT2D eigenvalue weighted by Crippen LogP contribution is 2.19. The van der Waals surface area contributed by atoms with Crippen LogP contribution in [0.2, 0.25) is 5.02 Å². The molecule has 0 amide bonds. The van der Waals surface area contributed by atoms with E-state index >= 15 is 0 Å². The number of hydrogen-bond acceptors (Lipinski definition) is 1. The summed E-state index contributed by atoms with van der Waals surface area (Å²) in [5.41, 5.74) is 1.98. The summed E-state index contributed by atoms with van der Waals surface area (Å²) in [6.45, 7) is 1.92. The maximum atomic E-state index is 11.8. The molecule has 0 aliphatic carbocycles. The number of aryl methyl sites for hydroxylation is 1. The van der Waals surface area contributed by atoms with Crippen LogP contribution >= 0.6 is 11.6 Å². The first-order chi connectivity index (χ1) is 5.74. The number of nitrogens with one attached hydrogen (secondary N) is 1. The zero-order chi connectivity index (χ0) is 8.97. The summed E-state index contributed by atoms with van der Waals surface area (Å²) in [5.74, 6) is 0. The molecule has 12 heavy (non-hydrogen) atoms. The number of alkyl halides is 1. The lowest BCUT2D eigenvalue weighted by Gasteiger charge is -2.07. The second-order valence-electron chi connectivity index (χ2n) is 2.58. The van der Waals surface area contributed by atoms with Gasteiger partial charge in [0.25, 0.3) is 0 Å². The van der Waals surface area contributed by atoms with Gasteiger partial charge in [-0.05, 0) is 24.6 Å². The highest BCUT2D eigenvalue weighted by Gasteiger charge is 1.97. The zero-order valence-electron chi connectivity index (χ0n) is 6.90. The fraction of sp³-hybridized carbons (Fsp3) is 0.333. The average molecular weight is 188 g/mol. The SMILES string of the molecule is Cc1ccc(Cl)cc1NCCF. The molecule has 0 atom stereocenters. The average Bonchev–Trinajstić information content (AvgIpc) is 2.07. The Bertz CT molecular complexity index is 263. The molecule has 0 heterocycles. The second-order valence-corrected chi connectivity index (χ2v) is 3.01. The van der Waals surface area contributed by atoms with Crippen molar-refractivity contribution in [1.29, 1.82) is 0 Å². The van der Waals surface area contributed by atoms with Crippen molar-refractivity contribution in [3.8, 4) is 0 Å². The Balaban J connectivity index is 2.75. The van der Waals surface area contributed by atoms with Gasteiger partial charge in [-0.2, -0.15) is 0 Å². The van der Waals surface area contributed by atoms with Crippen molar-refractivity contribution in [1.82, 2.24) is 0 Å². The van der Waals surface area contributed by atoms with Crippen LogP contribution in [0.3, 0.4) is 0 Å². The van der Waals surface area contributed by atoms with Crippen molar-refractivity contribution in [2.24, 2.45) is 0 Å². The number of rotatable bonds is 3. The summed E-state index contributed by atoms with van der Waals surface area (Å²) >= 11 is 5.76. The van der Waals surface area contributed by atoms with Crippen LogP contribution in [0.25, 0.3) is 0 Å². The van der Waals surface area contributed by atoms with E-state index < -0.39 is 0 Å².